The molecule has 1 nitrogen and oxygen atoms in total. The van der Waals surface area contributed by atoms with E-state index in [0.29, 0.717) is 5.92 Å². The summed E-state index contributed by atoms with van der Waals surface area (Å²) in [5, 5.41) is 0. The minimum atomic E-state index is -2.19. The number of allylic oxidation sites excluding steroid dienone is 1. The van der Waals surface area contributed by atoms with Crippen LogP contribution in [-0.2, 0) is 0 Å². The number of hydrogen-bond acceptors (Lipinski definition) is 1. The number of hydrogen-bond donors (Lipinski definition) is 0. The second kappa shape index (κ2) is 4.55. The topological polar surface area (TPSA) is 3.24 Å². The van der Waals surface area contributed by atoms with Crippen LogP contribution in [0.25, 0.3) is 0 Å². The minimum Gasteiger partial charge on any atom is -0.298 e. The Bertz CT molecular complexity index is 139. The molecule has 1 aliphatic rings. The maximum absolute atomic E-state index is 11.9. The Morgan fingerprint density at radius 3 is 2.42 bits per heavy atom. The Kier molecular flexibility index (Phi) is 3.66. The number of likely N-dealkylation sites (tertiary alicyclic amines) is 1. The molecule has 0 spiro atoms. The van der Waals surface area contributed by atoms with Crippen LogP contribution in [0.5, 0.6) is 0 Å². The Morgan fingerprint density at radius 2 is 2.00 bits per heavy atom. The molecule has 0 atom stereocenters. The highest BCUT2D eigenvalue weighted by atomic mass is 19.3. The smallest absolute Gasteiger partial charge is 0.251 e. The quantitative estimate of drug-likeness (QED) is 0.594. The lowest BCUT2D eigenvalue weighted by Crippen LogP contribution is -2.36. The zero-order valence-corrected chi connectivity index (χ0v) is 7.18. The molecule has 12 heavy (non-hydrogen) atoms. The number of halogens is 2. The van der Waals surface area contributed by atoms with Crippen LogP contribution < -0.4 is 0 Å². The van der Waals surface area contributed by atoms with Crippen LogP contribution in [0, 0.1) is 5.92 Å². The molecule has 0 aliphatic carbocycles. The van der Waals surface area contributed by atoms with Crippen LogP contribution in [0.4, 0.5) is 8.78 Å². The molecule has 70 valence electrons. The molecule has 0 aromatic rings. The normalized spacial score (nSPS) is 21.6. The molecule has 0 bridgehead atoms. The molecule has 1 aliphatic heterocycles. The van der Waals surface area contributed by atoms with E-state index in [0.717, 1.165) is 25.9 Å². The fourth-order valence-electron chi connectivity index (χ4n) is 1.57. The molecule has 1 saturated heterocycles. The summed E-state index contributed by atoms with van der Waals surface area (Å²) >= 11 is 0. The first-order valence-corrected chi connectivity index (χ1v) is 4.35. The number of piperidine rings is 1. The van der Waals surface area contributed by atoms with Crippen LogP contribution in [-0.4, -0.2) is 31.0 Å². The Hall–Kier alpha value is -0.440. The molecule has 0 saturated carbocycles. The van der Waals surface area contributed by atoms with Gasteiger partial charge in [-0.15, -0.1) is 6.58 Å². The van der Waals surface area contributed by atoms with Gasteiger partial charge in [0.15, 0.2) is 0 Å². The Balaban J connectivity index is 2.21. The third-order valence-corrected chi connectivity index (χ3v) is 2.36. The summed E-state index contributed by atoms with van der Waals surface area (Å²) < 4.78 is 23.9. The van der Waals surface area contributed by atoms with Crippen molar-refractivity contribution in [1.82, 2.24) is 4.90 Å². The van der Waals surface area contributed by atoms with Crippen molar-refractivity contribution in [2.45, 2.75) is 19.3 Å². The number of alkyl halides is 2. The van der Waals surface area contributed by atoms with Crippen molar-refractivity contribution < 1.29 is 8.78 Å². The van der Waals surface area contributed by atoms with Gasteiger partial charge >= 0.3 is 0 Å². The highest BCUT2D eigenvalue weighted by Gasteiger charge is 2.18. The van der Waals surface area contributed by atoms with E-state index in [9.17, 15) is 8.78 Å². The van der Waals surface area contributed by atoms with Gasteiger partial charge in [0.1, 0.15) is 0 Å². The summed E-state index contributed by atoms with van der Waals surface area (Å²) in [5.41, 5.74) is 0. The minimum absolute atomic E-state index is 0.0656. The molecule has 0 N–H and O–H groups in total. The van der Waals surface area contributed by atoms with Crippen molar-refractivity contribution >= 4 is 0 Å². The van der Waals surface area contributed by atoms with E-state index in [1.165, 1.54) is 0 Å². The first kappa shape index (κ1) is 9.65. The van der Waals surface area contributed by atoms with Gasteiger partial charge in [0.25, 0.3) is 6.43 Å². The first-order valence-electron chi connectivity index (χ1n) is 4.35. The predicted octanol–water partition coefficient (Wildman–Crippen LogP) is 2.15. The van der Waals surface area contributed by atoms with Gasteiger partial charge in [0.2, 0.25) is 0 Å². The van der Waals surface area contributed by atoms with E-state index in [4.69, 9.17) is 0 Å². The second-order valence-corrected chi connectivity index (χ2v) is 3.26. The zero-order chi connectivity index (χ0) is 8.97. The molecule has 0 radical (unpaired) electrons. The van der Waals surface area contributed by atoms with Crippen molar-refractivity contribution in [3.05, 3.63) is 12.7 Å². The van der Waals surface area contributed by atoms with Crippen LogP contribution >= 0.6 is 0 Å². The zero-order valence-electron chi connectivity index (χ0n) is 7.18. The van der Waals surface area contributed by atoms with Crippen molar-refractivity contribution in [2.75, 3.05) is 19.6 Å². The lowest BCUT2D eigenvalue weighted by Gasteiger charge is -2.29. The molecule has 3 heteroatoms. The van der Waals surface area contributed by atoms with Crippen LogP contribution in [0.15, 0.2) is 12.7 Å². The SMILES string of the molecule is C=CC1CCN(CC(F)F)CC1. The van der Waals surface area contributed by atoms with E-state index >= 15 is 0 Å². The third-order valence-electron chi connectivity index (χ3n) is 2.36. The third kappa shape index (κ3) is 2.89. The molecule has 0 unspecified atom stereocenters. The summed E-state index contributed by atoms with van der Waals surface area (Å²) in [6.45, 7) is 5.22. The Morgan fingerprint density at radius 1 is 1.42 bits per heavy atom. The molecule has 0 aromatic carbocycles. The van der Waals surface area contributed by atoms with E-state index in [1.54, 1.807) is 0 Å². The average Bonchev–Trinajstić information content (AvgIpc) is 2.05. The number of nitrogens with zero attached hydrogens (tertiary/aromatic N) is 1. The first-order chi connectivity index (χ1) is 5.72. The summed E-state index contributed by atoms with van der Waals surface area (Å²) in [6.07, 6.45) is 1.71. The monoisotopic (exact) mass is 175 g/mol. The van der Waals surface area contributed by atoms with Crippen molar-refractivity contribution in [3.8, 4) is 0 Å². The highest BCUT2D eigenvalue weighted by molar-refractivity contribution is 4.84. The predicted molar refractivity (Wildman–Crippen MR) is 45.4 cm³/mol. The maximum Gasteiger partial charge on any atom is 0.251 e. The molecule has 1 rings (SSSR count). The van der Waals surface area contributed by atoms with Gasteiger partial charge in [-0.1, -0.05) is 6.08 Å². The van der Waals surface area contributed by atoms with E-state index in [2.05, 4.69) is 6.58 Å². The Labute approximate surface area is 72.1 Å². The van der Waals surface area contributed by atoms with Crippen molar-refractivity contribution in [1.29, 1.82) is 0 Å². The van der Waals surface area contributed by atoms with Crippen molar-refractivity contribution in [2.24, 2.45) is 5.92 Å². The second-order valence-electron chi connectivity index (χ2n) is 3.26. The summed E-state index contributed by atoms with van der Waals surface area (Å²) in [5.74, 6) is 0.541. The van der Waals surface area contributed by atoms with E-state index < -0.39 is 6.43 Å². The maximum atomic E-state index is 11.9. The van der Waals surface area contributed by atoms with E-state index in [1.807, 2.05) is 11.0 Å². The van der Waals surface area contributed by atoms with Gasteiger partial charge in [-0.3, -0.25) is 4.90 Å². The van der Waals surface area contributed by atoms with Crippen LogP contribution in [0.2, 0.25) is 0 Å². The van der Waals surface area contributed by atoms with Gasteiger partial charge in [-0.05, 0) is 31.8 Å². The standard InChI is InChI=1S/C9H15F2N/c1-2-8-3-5-12(6-4-8)7-9(10)11/h2,8-9H,1,3-7H2. The van der Waals surface area contributed by atoms with Crippen LogP contribution in [0.3, 0.4) is 0 Å². The highest BCUT2D eigenvalue weighted by Crippen LogP contribution is 2.18. The van der Waals surface area contributed by atoms with Gasteiger partial charge in [0.05, 0.1) is 6.54 Å². The largest absolute Gasteiger partial charge is 0.298 e. The van der Waals surface area contributed by atoms with Gasteiger partial charge < -0.3 is 0 Å². The lowest BCUT2D eigenvalue weighted by molar-refractivity contribution is 0.0733. The molecule has 0 aromatic heterocycles. The van der Waals surface area contributed by atoms with Gasteiger partial charge in [0, 0.05) is 0 Å². The van der Waals surface area contributed by atoms with Crippen LogP contribution in [0.1, 0.15) is 12.8 Å². The van der Waals surface area contributed by atoms with Gasteiger partial charge in [-0.25, -0.2) is 8.78 Å². The fourth-order valence-corrected chi connectivity index (χ4v) is 1.57. The van der Waals surface area contributed by atoms with E-state index in [-0.39, 0.29) is 6.54 Å². The molecule has 0 amide bonds. The average molecular weight is 175 g/mol. The summed E-state index contributed by atoms with van der Waals surface area (Å²) in [6, 6.07) is 0. The fraction of sp³-hybridized carbons (Fsp3) is 0.778. The molecule has 1 fully saturated rings. The lowest BCUT2D eigenvalue weighted by atomic mass is 9.97. The van der Waals surface area contributed by atoms with Crippen molar-refractivity contribution in [3.63, 3.8) is 0 Å². The summed E-state index contributed by atoms with van der Waals surface area (Å²) in [4.78, 5) is 1.82. The summed E-state index contributed by atoms with van der Waals surface area (Å²) in [7, 11) is 0. The molecule has 1 heterocycles. The van der Waals surface area contributed by atoms with Gasteiger partial charge in [-0.2, -0.15) is 0 Å². The molecular formula is C9H15F2N. The molecular weight excluding hydrogens is 160 g/mol. The number of rotatable bonds is 3.